The van der Waals surface area contributed by atoms with Crippen LogP contribution >= 0.6 is 0 Å². The highest BCUT2D eigenvalue weighted by Crippen LogP contribution is 2.38. The van der Waals surface area contributed by atoms with Gasteiger partial charge >= 0.3 is 7.12 Å². The Bertz CT molecular complexity index is 1450. The summed E-state index contributed by atoms with van der Waals surface area (Å²) in [5, 5.41) is 11.9. The van der Waals surface area contributed by atoms with Crippen LogP contribution in [0.5, 0.6) is 0 Å². The van der Waals surface area contributed by atoms with Crippen LogP contribution in [-0.4, -0.2) is 22.9 Å². The van der Waals surface area contributed by atoms with Crippen LogP contribution in [0.25, 0.3) is 32.3 Å². The van der Waals surface area contributed by atoms with Gasteiger partial charge in [0.2, 0.25) is 0 Å². The number of nitrogens with zero attached hydrogens (tertiary/aromatic N) is 3. The lowest BCUT2D eigenvalue weighted by Gasteiger charge is -2.32. The molecule has 0 spiro atoms. The summed E-state index contributed by atoms with van der Waals surface area (Å²) in [6.07, 6.45) is 0. The van der Waals surface area contributed by atoms with Crippen molar-refractivity contribution in [3.8, 4) is 11.8 Å². The molecule has 5 nitrogen and oxygen atoms in total. The van der Waals surface area contributed by atoms with E-state index in [2.05, 4.69) is 27.6 Å². The molecule has 0 N–H and O–H groups in total. The van der Waals surface area contributed by atoms with E-state index in [4.69, 9.17) is 15.9 Å². The maximum atomic E-state index is 9.77. The second-order valence-electron chi connectivity index (χ2n) is 9.14. The third-order valence-electron chi connectivity index (χ3n) is 6.71. The zero-order valence-electron chi connectivity index (χ0n) is 18.5. The maximum absolute atomic E-state index is 9.77. The molecule has 6 heteroatoms. The van der Waals surface area contributed by atoms with Gasteiger partial charge in [0.05, 0.1) is 40.4 Å². The summed E-state index contributed by atoms with van der Waals surface area (Å²) in [6, 6.07) is 21.9. The van der Waals surface area contributed by atoms with E-state index in [-0.39, 0.29) is 0 Å². The minimum atomic E-state index is -0.628. The Morgan fingerprint density at radius 2 is 1.59 bits per heavy atom. The Hall–Kier alpha value is -3.58. The van der Waals surface area contributed by atoms with Gasteiger partial charge < -0.3 is 13.9 Å². The number of nitriles is 1. The lowest BCUT2D eigenvalue weighted by atomic mass is 9.76. The number of rotatable bonds is 2. The molecule has 0 unspecified atom stereocenters. The molecule has 156 valence electrons. The first-order valence-electron chi connectivity index (χ1n) is 10.6. The second-order valence-corrected chi connectivity index (χ2v) is 9.14. The largest absolute Gasteiger partial charge is 0.496 e. The van der Waals surface area contributed by atoms with Gasteiger partial charge in [-0.1, -0.05) is 24.3 Å². The number of hydrogen-bond acceptors (Lipinski definition) is 3. The van der Waals surface area contributed by atoms with Gasteiger partial charge in [-0.05, 0) is 69.5 Å². The summed E-state index contributed by atoms with van der Waals surface area (Å²) in [5.41, 5.74) is 3.81. The highest BCUT2D eigenvalue weighted by atomic mass is 16.7. The molecular formula is C26H22BN3O2. The minimum Gasteiger partial charge on any atom is -0.399 e. The molecule has 3 aromatic carbocycles. The van der Waals surface area contributed by atoms with Crippen LogP contribution in [0.1, 0.15) is 33.3 Å². The van der Waals surface area contributed by atoms with Gasteiger partial charge in [-0.15, -0.1) is 0 Å². The third kappa shape index (κ3) is 2.92. The van der Waals surface area contributed by atoms with E-state index in [0.717, 1.165) is 27.5 Å². The molecule has 0 radical (unpaired) electrons. The van der Waals surface area contributed by atoms with Crippen molar-refractivity contribution < 1.29 is 9.31 Å². The monoisotopic (exact) mass is 419 g/mol. The van der Waals surface area contributed by atoms with E-state index in [9.17, 15) is 5.26 Å². The van der Waals surface area contributed by atoms with Crippen molar-refractivity contribution in [2.45, 2.75) is 38.9 Å². The summed E-state index contributed by atoms with van der Waals surface area (Å²) >= 11 is 0. The molecule has 0 amide bonds. The van der Waals surface area contributed by atoms with Crippen molar-refractivity contribution in [1.82, 2.24) is 4.57 Å². The smallest absolute Gasteiger partial charge is 0.399 e. The molecule has 4 aromatic rings. The van der Waals surface area contributed by atoms with Crippen LogP contribution in [0.4, 0.5) is 5.69 Å². The van der Waals surface area contributed by atoms with Crippen LogP contribution in [0.2, 0.25) is 0 Å². The Kier molecular flexibility index (Phi) is 4.43. The van der Waals surface area contributed by atoms with Crippen LogP contribution in [-0.2, 0) is 9.31 Å². The molecule has 1 saturated heterocycles. The van der Waals surface area contributed by atoms with Crippen LogP contribution in [0.3, 0.4) is 0 Å². The van der Waals surface area contributed by atoms with E-state index in [1.165, 1.54) is 0 Å². The van der Waals surface area contributed by atoms with Crippen molar-refractivity contribution in [2.75, 3.05) is 0 Å². The molecule has 0 atom stereocenters. The Morgan fingerprint density at radius 3 is 2.28 bits per heavy atom. The van der Waals surface area contributed by atoms with E-state index >= 15 is 0 Å². The van der Waals surface area contributed by atoms with Crippen LogP contribution in [0.15, 0.2) is 60.7 Å². The predicted octanol–water partition coefficient (Wildman–Crippen LogP) is 5.51. The fourth-order valence-electron chi connectivity index (χ4n) is 4.26. The average molecular weight is 419 g/mol. The first-order chi connectivity index (χ1) is 15.3. The van der Waals surface area contributed by atoms with E-state index in [0.29, 0.717) is 16.7 Å². The number of aromatic nitrogens is 1. The summed E-state index contributed by atoms with van der Waals surface area (Å²) in [5.74, 6) is 0. The summed E-state index contributed by atoms with van der Waals surface area (Å²) in [6.45, 7) is 15.4. The molecule has 1 aliphatic heterocycles. The van der Waals surface area contributed by atoms with Gasteiger partial charge in [-0.3, -0.25) is 0 Å². The van der Waals surface area contributed by atoms with Gasteiger partial charge in [-0.25, -0.2) is 4.85 Å². The predicted molar refractivity (Wildman–Crippen MR) is 127 cm³/mol. The van der Waals surface area contributed by atoms with Crippen molar-refractivity contribution in [1.29, 1.82) is 5.26 Å². The first kappa shape index (κ1) is 20.3. The Morgan fingerprint density at radius 1 is 0.906 bits per heavy atom. The third-order valence-corrected chi connectivity index (χ3v) is 6.71. The van der Waals surface area contributed by atoms with Crippen LogP contribution in [0, 0.1) is 17.9 Å². The highest BCUT2D eigenvalue weighted by molar-refractivity contribution is 6.63. The normalized spacial score (nSPS) is 16.9. The molecular weight excluding hydrogens is 397 g/mol. The van der Waals surface area contributed by atoms with E-state index < -0.39 is 18.3 Å². The average Bonchev–Trinajstić information content (AvgIpc) is 3.22. The number of benzene rings is 3. The van der Waals surface area contributed by atoms with Gasteiger partial charge in [0, 0.05) is 16.5 Å². The molecule has 2 heterocycles. The first-order valence-corrected chi connectivity index (χ1v) is 10.6. The summed E-state index contributed by atoms with van der Waals surface area (Å²) in [4.78, 5) is 3.60. The lowest BCUT2D eigenvalue weighted by Crippen LogP contribution is -2.41. The number of fused-ring (bicyclic) bond motifs is 3. The van der Waals surface area contributed by atoms with Crippen LogP contribution < -0.4 is 5.46 Å². The van der Waals surface area contributed by atoms with Crippen molar-refractivity contribution in [3.05, 3.63) is 77.6 Å². The SMILES string of the molecule is [C-]#[N+]c1ccc2c(c1)c1ccccc1n2-c1ccc(C#N)c(B2OC(C)(C)C(C)(C)O2)c1. The fourth-order valence-corrected chi connectivity index (χ4v) is 4.26. The quantitative estimate of drug-likeness (QED) is 0.318. The highest BCUT2D eigenvalue weighted by Gasteiger charge is 2.52. The second kappa shape index (κ2) is 6.97. The van der Waals surface area contributed by atoms with E-state index in [1.807, 2.05) is 76.2 Å². The topological polar surface area (TPSA) is 51.5 Å². The van der Waals surface area contributed by atoms with Crippen molar-refractivity contribution in [2.24, 2.45) is 0 Å². The number of para-hydroxylation sites is 1. The van der Waals surface area contributed by atoms with Gasteiger partial charge in [0.15, 0.2) is 5.69 Å². The van der Waals surface area contributed by atoms with Crippen molar-refractivity contribution in [3.63, 3.8) is 0 Å². The van der Waals surface area contributed by atoms with Gasteiger partial charge in [-0.2, -0.15) is 5.26 Å². The molecule has 1 aromatic heterocycles. The Labute approximate surface area is 187 Å². The summed E-state index contributed by atoms with van der Waals surface area (Å²) in [7, 11) is -0.628. The molecule has 5 rings (SSSR count). The molecule has 32 heavy (non-hydrogen) atoms. The molecule has 0 saturated carbocycles. The molecule has 0 aliphatic carbocycles. The lowest BCUT2D eigenvalue weighted by molar-refractivity contribution is 0.00578. The maximum Gasteiger partial charge on any atom is 0.496 e. The van der Waals surface area contributed by atoms with Gasteiger partial charge in [0.1, 0.15) is 0 Å². The fraction of sp³-hybridized carbons (Fsp3) is 0.231. The molecule has 0 bridgehead atoms. The number of hydrogen-bond donors (Lipinski definition) is 0. The van der Waals surface area contributed by atoms with Gasteiger partial charge in [0.25, 0.3) is 0 Å². The Balaban J connectivity index is 1.74. The minimum absolute atomic E-state index is 0.497. The zero-order chi connectivity index (χ0) is 22.7. The van der Waals surface area contributed by atoms with Crippen molar-refractivity contribution >= 4 is 40.1 Å². The standard InChI is InChI=1S/C26H22BN3O2/c1-25(2)26(3,4)32-27(31-25)22-15-19(12-10-17(22)16-28)30-23-9-7-6-8-20(23)21-14-18(29-5)11-13-24(21)30/h6-15H,1-4H3. The zero-order valence-corrected chi connectivity index (χ0v) is 18.5. The molecule has 1 aliphatic rings. The molecule has 1 fully saturated rings. The summed E-state index contributed by atoms with van der Waals surface area (Å²) < 4.78 is 14.7. The van der Waals surface area contributed by atoms with E-state index in [1.54, 1.807) is 0 Å².